The van der Waals surface area contributed by atoms with Gasteiger partial charge in [-0.2, -0.15) is 0 Å². The molecule has 0 aliphatic carbocycles. The van der Waals surface area contributed by atoms with Gasteiger partial charge in [-0.1, -0.05) is 12.1 Å². The number of aryl methyl sites for hydroxylation is 1. The first-order chi connectivity index (χ1) is 9.25. The van der Waals surface area contributed by atoms with E-state index in [9.17, 15) is 4.79 Å². The third-order valence-corrected chi connectivity index (χ3v) is 3.29. The molecule has 0 spiro atoms. The minimum atomic E-state index is -0.0725. The molecule has 1 aliphatic rings. The van der Waals surface area contributed by atoms with Crippen LogP contribution >= 0.6 is 0 Å². The Hall–Kier alpha value is -1.72. The second-order valence-electron chi connectivity index (χ2n) is 4.67. The maximum absolute atomic E-state index is 12.3. The highest BCUT2D eigenvalue weighted by Crippen LogP contribution is 2.12. The third-order valence-electron chi connectivity index (χ3n) is 3.29. The zero-order chi connectivity index (χ0) is 13.2. The van der Waals surface area contributed by atoms with Crippen LogP contribution in [0.25, 0.3) is 11.0 Å². The summed E-state index contributed by atoms with van der Waals surface area (Å²) < 4.78 is 12.7. The highest BCUT2D eigenvalue weighted by molar-refractivity contribution is 5.74. The molecule has 19 heavy (non-hydrogen) atoms. The van der Waals surface area contributed by atoms with E-state index in [2.05, 4.69) is 4.98 Å². The summed E-state index contributed by atoms with van der Waals surface area (Å²) in [5.41, 5.74) is 2.12. The third kappa shape index (κ3) is 2.39. The lowest BCUT2D eigenvalue weighted by Crippen LogP contribution is -2.36. The number of benzene rings is 1. The van der Waals surface area contributed by atoms with Gasteiger partial charge in [0.1, 0.15) is 5.69 Å². The minimum absolute atomic E-state index is 0.0622. The van der Waals surface area contributed by atoms with E-state index in [-0.39, 0.29) is 11.7 Å². The molecule has 0 N–H and O–H groups in total. The van der Waals surface area contributed by atoms with Crippen molar-refractivity contribution in [1.29, 1.82) is 0 Å². The van der Waals surface area contributed by atoms with Crippen molar-refractivity contribution in [2.75, 3.05) is 19.8 Å². The molecule has 5 heteroatoms. The Labute approximate surface area is 110 Å². The average Bonchev–Trinajstić information content (AvgIpc) is 2.45. The molecule has 0 amide bonds. The molecule has 1 aromatic carbocycles. The fourth-order valence-corrected chi connectivity index (χ4v) is 2.35. The summed E-state index contributed by atoms with van der Waals surface area (Å²) in [6, 6.07) is 7.65. The molecule has 3 rings (SSSR count). The Kier molecular flexibility index (Phi) is 3.31. The Morgan fingerprint density at radius 2 is 2.21 bits per heavy atom. The first-order valence-electron chi connectivity index (χ1n) is 6.41. The maximum atomic E-state index is 12.3. The molecule has 0 radical (unpaired) electrons. The second kappa shape index (κ2) is 5.11. The van der Waals surface area contributed by atoms with E-state index >= 15 is 0 Å². The molecule has 1 saturated heterocycles. The van der Waals surface area contributed by atoms with Gasteiger partial charge in [-0.15, -0.1) is 0 Å². The van der Waals surface area contributed by atoms with Crippen molar-refractivity contribution in [2.45, 2.75) is 19.6 Å². The van der Waals surface area contributed by atoms with Crippen LogP contribution in [0.3, 0.4) is 0 Å². The summed E-state index contributed by atoms with van der Waals surface area (Å²) in [5, 5.41) is 0. The van der Waals surface area contributed by atoms with Gasteiger partial charge < -0.3 is 14.0 Å². The first-order valence-corrected chi connectivity index (χ1v) is 6.41. The number of nitrogens with zero attached hydrogens (tertiary/aromatic N) is 2. The SMILES string of the molecule is Cc1nc2ccccc2n(CC2COCCO2)c1=O. The molecule has 2 heterocycles. The molecule has 5 nitrogen and oxygen atoms in total. The predicted molar refractivity (Wildman–Crippen MR) is 71.3 cm³/mol. The number of hydrogen-bond acceptors (Lipinski definition) is 4. The van der Waals surface area contributed by atoms with E-state index in [4.69, 9.17) is 9.47 Å². The number of aromatic nitrogens is 2. The molecule has 1 aliphatic heterocycles. The van der Waals surface area contributed by atoms with Gasteiger partial charge >= 0.3 is 0 Å². The van der Waals surface area contributed by atoms with Gasteiger partial charge in [-0.3, -0.25) is 4.79 Å². The van der Waals surface area contributed by atoms with Crippen LogP contribution in [0.2, 0.25) is 0 Å². The van der Waals surface area contributed by atoms with Crippen LogP contribution in [0.15, 0.2) is 29.1 Å². The molecule has 2 aromatic rings. The lowest BCUT2D eigenvalue weighted by Gasteiger charge is -2.24. The van der Waals surface area contributed by atoms with Gasteiger partial charge in [0.15, 0.2) is 0 Å². The maximum Gasteiger partial charge on any atom is 0.272 e. The Bertz CT molecular complexity index is 645. The smallest absolute Gasteiger partial charge is 0.272 e. The van der Waals surface area contributed by atoms with Crippen molar-refractivity contribution in [1.82, 2.24) is 9.55 Å². The quantitative estimate of drug-likeness (QED) is 0.812. The zero-order valence-corrected chi connectivity index (χ0v) is 10.8. The van der Waals surface area contributed by atoms with Crippen molar-refractivity contribution in [3.05, 3.63) is 40.3 Å². The number of hydrogen-bond donors (Lipinski definition) is 0. The van der Waals surface area contributed by atoms with Crippen LogP contribution in [-0.4, -0.2) is 35.5 Å². The minimum Gasteiger partial charge on any atom is -0.376 e. The second-order valence-corrected chi connectivity index (χ2v) is 4.67. The van der Waals surface area contributed by atoms with Crippen molar-refractivity contribution >= 4 is 11.0 Å². The van der Waals surface area contributed by atoms with E-state index in [0.29, 0.717) is 32.1 Å². The lowest BCUT2D eigenvalue weighted by molar-refractivity contribution is -0.0935. The van der Waals surface area contributed by atoms with Gasteiger partial charge in [0.05, 0.1) is 43.5 Å². The molecule has 1 fully saturated rings. The lowest BCUT2D eigenvalue weighted by atomic mass is 10.2. The number of fused-ring (bicyclic) bond motifs is 1. The number of rotatable bonds is 2. The molecule has 1 atom stereocenters. The molecular formula is C14H16N2O3. The first kappa shape index (κ1) is 12.3. The number of para-hydroxylation sites is 2. The summed E-state index contributed by atoms with van der Waals surface area (Å²) in [6.45, 7) is 3.98. The van der Waals surface area contributed by atoms with E-state index in [1.165, 1.54) is 0 Å². The van der Waals surface area contributed by atoms with Gasteiger partial charge in [0.2, 0.25) is 0 Å². The van der Waals surface area contributed by atoms with Crippen molar-refractivity contribution in [2.24, 2.45) is 0 Å². The topological polar surface area (TPSA) is 53.4 Å². The summed E-state index contributed by atoms with van der Waals surface area (Å²) in [4.78, 5) is 16.6. The highest BCUT2D eigenvalue weighted by atomic mass is 16.6. The van der Waals surface area contributed by atoms with Crippen molar-refractivity contribution in [3.63, 3.8) is 0 Å². The van der Waals surface area contributed by atoms with Crippen LogP contribution in [0.4, 0.5) is 0 Å². The summed E-state index contributed by atoms with van der Waals surface area (Å²) in [6.07, 6.45) is -0.0725. The van der Waals surface area contributed by atoms with Crippen LogP contribution in [0, 0.1) is 6.92 Å². The summed E-state index contributed by atoms with van der Waals surface area (Å²) in [7, 11) is 0. The monoisotopic (exact) mass is 260 g/mol. The van der Waals surface area contributed by atoms with E-state index in [1.807, 2.05) is 24.3 Å². The fraction of sp³-hybridized carbons (Fsp3) is 0.429. The molecule has 100 valence electrons. The molecule has 0 bridgehead atoms. The Morgan fingerprint density at radius 1 is 1.37 bits per heavy atom. The molecule has 0 saturated carbocycles. The molecular weight excluding hydrogens is 244 g/mol. The fourth-order valence-electron chi connectivity index (χ4n) is 2.35. The van der Waals surface area contributed by atoms with Crippen LogP contribution in [0.1, 0.15) is 5.69 Å². The van der Waals surface area contributed by atoms with Crippen LogP contribution in [-0.2, 0) is 16.0 Å². The zero-order valence-electron chi connectivity index (χ0n) is 10.8. The van der Waals surface area contributed by atoms with Gasteiger partial charge in [-0.05, 0) is 19.1 Å². The summed E-state index contributed by atoms with van der Waals surface area (Å²) in [5.74, 6) is 0. The van der Waals surface area contributed by atoms with Crippen LogP contribution in [0.5, 0.6) is 0 Å². The normalized spacial score (nSPS) is 19.7. The Balaban J connectivity index is 2.05. The molecule has 1 aromatic heterocycles. The number of ether oxygens (including phenoxy) is 2. The standard InChI is InChI=1S/C14H16N2O3/c1-10-14(17)16(8-11-9-18-6-7-19-11)13-5-3-2-4-12(13)15-10/h2-5,11H,6-9H2,1H3. The predicted octanol–water partition coefficient (Wildman–Crippen LogP) is 1.12. The van der Waals surface area contributed by atoms with E-state index in [1.54, 1.807) is 11.5 Å². The van der Waals surface area contributed by atoms with Gasteiger partial charge in [0.25, 0.3) is 5.56 Å². The average molecular weight is 260 g/mol. The van der Waals surface area contributed by atoms with Gasteiger partial charge in [-0.25, -0.2) is 4.98 Å². The molecule has 1 unspecified atom stereocenters. The van der Waals surface area contributed by atoms with Gasteiger partial charge in [0, 0.05) is 0 Å². The highest BCUT2D eigenvalue weighted by Gasteiger charge is 2.17. The van der Waals surface area contributed by atoms with Crippen LogP contribution < -0.4 is 5.56 Å². The summed E-state index contributed by atoms with van der Waals surface area (Å²) >= 11 is 0. The van der Waals surface area contributed by atoms with E-state index < -0.39 is 0 Å². The van der Waals surface area contributed by atoms with Crippen molar-refractivity contribution in [3.8, 4) is 0 Å². The largest absolute Gasteiger partial charge is 0.376 e. The Morgan fingerprint density at radius 3 is 3.00 bits per heavy atom. The van der Waals surface area contributed by atoms with Crippen molar-refractivity contribution < 1.29 is 9.47 Å². The van der Waals surface area contributed by atoms with E-state index in [0.717, 1.165) is 11.0 Å².